The van der Waals surface area contributed by atoms with Crippen molar-refractivity contribution in [2.45, 2.75) is 85.7 Å². The molecule has 184 valence electrons. The molecule has 2 aromatic rings. The van der Waals surface area contributed by atoms with Crippen molar-refractivity contribution in [2.75, 3.05) is 5.32 Å². The largest absolute Gasteiger partial charge is 0.390 e. The van der Waals surface area contributed by atoms with E-state index in [1.54, 1.807) is 0 Å². The van der Waals surface area contributed by atoms with E-state index in [2.05, 4.69) is 18.3 Å². The molecule has 4 rings (SSSR count). The molecule has 1 unspecified atom stereocenters. The summed E-state index contributed by atoms with van der Waals surface area (Å²) in [5, 5.41) is 12.5. The number of carbonyl (C=O) groups is 2. The zero-order valence-electron chi connectivity index (χ0n) is 21.7. The summed E-state index contributed by atoms with van der Waals surface area (Å²) in [6.45, 7) is 11.8. The molecule has 4 nitrogen and oxygen atoms in total. The summed E-state index contributed by atoms with van der Waals surface area (Å²) >= 11 is 0. The van der Waals surface area contributed by atoms with Gasteiger partial charge in [0.25, 0.3) is 5.91 Å². The van der Waals surface area contributed by atoms with E-state index in [-0.39, 0.29) is 17.6 Å². The molecular formula is C30H41NO3. The molecule has 1 saturated carbocycles. The molecule has 4 heteroatoms. The van der Waals surface area contributed by atoms with Crippen LogP contribution in [0.1, 0.15) is 98.2 Å². The Morgan fingerprint density at radius 1 is 1.06 bits per heavy atom. The van der Waals surface area contributed by atoms with Crippen LogP contribution in [0.5, 0.6) is 0 Å². The van der Waals surface area contributed by atoms with Gasteiger partial charge < -0.3 is 10.4 Å². The Morgan fingerprint density at radius 3 is 2.29 bits per heavy atom. The second kappa shape index (κ2) is 10.9. The number of aliphatic hydroxyl groups is 1. The van der Waals surface area contributed by atoms with Gasteiger partial charge in [0.1, 0.15) is 0 Å². The van der Waals surface area contributed by atoms with Gasteiger partial charge in [-0.3, -0.25) is 9.59 Å². The van der Waals surface area contributed by atoms with Crippen LogP contribution in [0.4, 0.5) is 5.69 Å². The highest BCUT2D eigenvalue weighted by molar-refractivity contribution is 6.11. The lowest BCUT2D eigenvalue weighted by molar-refractivity contribution is 0.0155. The minimum Gasteiger partial charge on any atom is -0.390 e. The van der Waals surface area contributed by atoms with Gasteiger partial charge >= 0.3 is 0 Å². The number of aryl methyl sites for hydroxylation is 2. The Morgan fingerprint density at radius 2 is 1.74 bits per heavy atom. The molecule has 0 aromatic heterocycles. The lowest BCUT2D eigenvalue weighted by Gasteiger charge is -2.25. The fourth-order valence-corrected chi connectivity index (χ4v) is 4.77. The lowest BCUT2D eigenvalue weighted by atomic mass is 9.89. The molecule has 1 amide bonds. The number of Topliss-reactive ketones (excluding diaryl/α,β-unsaturated/α-hetero) is 1. The van der Waals surface area contributed by atoms with Gasteiger partial charge in [-0.25, -0.2) is 0 Å². The van der Waals surface area contributed by atoms with Gasteiger partial charge in [-0.1, -0.05) is 52.0 Å². The number of fused-ring (bicyclic) bond motifs is 1. The molecule has 2 aliphatic rings. The number of anilines is 1. The summed E-state index contributed by atoms with van der Waals surface area (Å²) in [5.41, 5.74) is 4.97. The fraction of sp³-hybridized carbons (Fsp3) is 0.533. The molecule has 2 N–H and O–H groups in total. The fourth-order valence-electron chi connectivity index (χ4n) is 4.77. The molecule has 0 saturated heterocycles. The van der Waals surface area contributed by atoms with Gasteiger partial charge in [0.05, 0.1) is 11.3 Å². The molecule has 0 aliphatic heterocycles. The predicted octanol–water partition coefficient (Wildman–Crippen LogP) is 6.63. The first-order valence-corrected chi connectivity index (χ1v) is 12.8. The molecule has 0 heterocycles. The first kappa shape index (κ1) is 26.2. The van der Waals surface area contributed by atoms with E-state index < -0.39 is 5.60 Å². The van der Waals surface area contributed by atoms with Crippen LogP contribution in [0.25, 0.3) is 0 Å². The highest BCUT2D eigenvalue weighted by Crippen LogP contribution is 2.41. The molecule has 0 radical (unpaired) electrons. The first-order valence-electron chi connectivity index (χ1n) is 12.8. The van der Waals surface area contributed by atoms with Crippen LogP contribution in [0.15, 0.2) is 36.4 Å². The van der Waals surface area contributed by atoms with Crippen LogP contribution in [0, 0.1) is 17.8 Å². The molecular weight excluding hydrogens is 422 g/mol. The van der Waals surface area contributed by atoms with Gasteiger partial charge in [-0.2, -0.15) is 0 Å². The van der Waals surface area contributed by atoms with E-state index in [0.29, 0.717) is 17.2 Å². The molecule has 2 aliphatic carbocycles. The third-order valence-electron chi connectivity index (χ3n) is 7.38. The third kappa shape index (κ3) is 6.15. The Balaban J connectivity index is 0.000000302. The summed E-state index contributed by atoms with van der Waals surface area (Å²) in [7, 11) is 0. The van der Waals surface area contributed by atoms with Crippen LogP contribution in [0.3, 0.4) is 0 Å². The Labute approximate surface area is 205 Å². The number of carbonyl (C=O) groups excluding carboxylic acids is 2. The number of ketones is 1. The van der Waals surface area contributed by atoms with Gasteiger partial charge in [-0.05, 0) is 93.0 Å². The SMILES string of the molecule is CC(C1CC1)C(C)(C)O.CCc1cccc(NC(=O)c2cccc3c2CCC3)c1C(=O)C(C)C. The summed E-state index contributed by atoms with van der Waals surface area (Å²) < 4.78 is 0. The highest BCUT2D eigenvalue weighted by atomic mass is 16.3. The maximum absolute atomic E-state index is 12.9. The van der Waals surface area contributed by atoms with E-state index in [1.807, 2.05) is 65.0 Å². The van der Waals surface area contributed by atoms with E-state index in [1.165, 1.54) is 18.4 Å². The van der Waals surface area contributed by atoms with Crippen LogP contribution < -0.4 is 5.32 Å². The topological polar surface area (TPSA) is 66.4 Å². The summed E-state index contributed by atoms with van der Waals surface area (Å²) in [6, 6.07) is 11.6. The average molecular weight is 464 g/mol. The minimum atomic E-state index is -0.457. The monoisotopic (exact) mass is 463 g/mol. The highest BCUT2D eigenvalue weighted by Gasteiger charge is 2.36. The lowest BCUT2D eigenvalue weighted by Crippen LogP contribution is -2.29. The van der Waals surface area contributed by atoms with Crippen LogP contribution >= 0.6 is 0 Å². The van der Waals surface area contributed by atoms with Crippen molar-refractivity contribution < 1.29 is 14.7 Å². The van der Waals surface area contributed by atoms with E-state index in [4.69, 9.17) is 0 Å². The number of benzene rings is 2. The molecule has 1 fully saturated rings. The number of nitrogens with one attached hydrogen (secondary N) is 1. The number of hydrogen-bond donors (Lipinski definition) is 2. The molecule has 0 spiro atoms. The van der Waals surface area contributed by atoms with Gasteiger partial charge in [0, 0.05) is 17.0 Å². The van der Waals surface area contributed by atoms with E-state index >= 15 is 0 Å². The summed E-state index contributed by atoms with van der Waals surface area (Å²) in [6.07, 6.45) is 6.50. The third-order valence-corrected chi connectivity index (χ3v) is 7.38. The Hall–Kier alpha value is -2.46. The van der Waals surface area contributed by atoms with Crippen molar-refractivity contribution in [1.82, 2.24) is 0 Å². The van der Waals surface area contributed by atoms with Crippen molar-refractivity contribution in [3.05, 3.63) is 64.2 Å². The van der Waals surface area contributed by atoms with Gasteiger partial charge in [0.2, 0.25) is 0 Å². The summed E-state index contributed by atoms with van der Waals surface area (Å²) in [4.78, 5) is 25.6. The minimum absolute atomic E-state index is 0.0750. The second-order valence-electron chi connectivity index (χ2n) is 10.7. The zero-order valence-corrected chi connectivity index (χ0v) is 21.7. The van der Waals surface area contributed by atoms with Crippen molar-refractivity contribution >= 4 is 17.4 Å². The Bertz CT molecular complexity index is 1030. The smallest absolute Gasteiger partial charge is 0.255 e. The maximum atomic E-state index is 12.9. The van der Waals surface area contributed by atoms with Crippen molar-refractivity contribution in [2.24, 2.45) is 17.8 Å². The van der Waals surface area contributed by atoms with Crippen LogP contribution in [0.2, 0.25) is 0 Å². The van der Waals surface area contributed by atoms with E-state index in [9.17, 15) is 14.7 Å². The number of hydrogen-bond acceptors (Lipinski definition) is 3. The Kier molecular flexibility index (Phi) is 8.35. The van der Waals surface area contributed by atoms with Crippen LogP contribution in [-0.4, -0.2) is 22.4 Å². The quantitative estimate of drug-likeness (QED) is 0.453. The van der Waals surface area contributed by atoms with Crippen LogP contribution in [-0.2, 0) is 19.3 Å². The molecule has 34 heavy (non-hydrogen) atoms. The number of rotatable bonds is 7. The standard InChI is InChI=1S/C22H25NO2.C8H16O/c1-4-15-8-7-13-19(20(15)21(24)14(2)3)23-22(25)18-12-6-10-16-9-5-11-17(16)18;1-6(7-4-5-7)8(2,3)9/h6-8,10,12-14H,4-5,9,11H2,1-3H3,(H,23,25);6-7,9H,4-5H2,1-3H3. The molecule has 2 aromatic carbocycles. The normalized spacial score (nSPS) is 15.9. The van der Waals surface area contributed by atoms with Crippen molar-refractivity contribution in [3.63, 3.8) is 0 Å². The van der Waals surface area contributed by atoms with Crippen molar-refractivity contribution in [1.29, 1.82) is 0 Å². The number of amides is 1. The summed E-state index contributed by atoms with van der Waals surface area (Å²) in [5.74, 6) is 1.14. The first-order chi connectivity index (χ1) is 16.0. The van der Waals surface area contributed by atoms with Gasteiger partial charge in [-0.15, -0.1) is 0 Å². The predicted molar refractivity (Wildman–Crippen MR) is 140 cm³/mol. The maximum Gasteiger partial charge on any atom is 0.255 e. The molecule has 1 atom stereocenters. The average Bonchev–Trinajstić information content (AvgIpc) is 3.53. The van der Waals surface area contributed by atoms with Gasteiger partial charge in [0.15, 0.2) is 5.78 Å². The zero-order chi connectivity index (χ0) is 25.0. The van der Waals surface area contributed by atoms with E-state index in [0.717, 1.165) is 48.3 Å². The molecule has 0 bridgehead atoms. The van der Waals surface area contributed by atoms with Crippen molar-refractivity contribution in [3.8, 4) is 0 Å². The second-order valence-corrected chi connectivity index (χ2v) is 10.7.